The van der Waals surface area contributed by atoms with Gasteiger partial charge >= 0.3 is 12.0 Å². The molecule has 2 amide bonds. The van der Waals surface area contributed by atoms with E-state index in [9.17, 15) is 14.7 Å². The number of aliphatic imine (C=N–C) groups is 1. The van der Waals surface area contributed by atoms with Crippen molar-refractivity contribution in [2.75, 3.05) is 19.0 Å². The number of rotatable bonds is 9. The summed E-state index contributed by atoms with van der Waals surface area (Å²) in [5.74, 6) is -0.542. The van der Waals surface area contributed by atoms with Crippen molar-refractivity contribution in [2.45, 2.75) is 77.0 Å². The summed E-state index contributed by atoms with van der Waals surface area (Å²) in [5, 5.41) is 22.1. The summed E-state index contributed by atoms with van der Waals surface area (Å²) < 4.78 is 7.03. The zero-order chi connectivity index (χ0) is 28.2. The molecule has 1 saturated carbocycles. The number of hydrogen-bond acceptors (Lipinski definition) is 8. The van der Waals surface area contributed by atoms with Gasteiger partial charge in [-0.1, -0.05) is 44.5 Å². The number of amides is 2. The van der Waals surface area contributed by atoms with Gasteiger partial charge in [0.1, 0.15) is 11.6 Å². The Labute approximate surface area is 233 Å². The molecule has 2 aliphatic rings. The fourth-order valence-corrected chi connectivity index (χ4v) is 5.62. The van der Waals surface area contributed by atoms with E-state index in [0.29, 0.717) is 18.1 Å². The number of nitrogens with one attached hydrogen (secondary N) is 2. The number of ether oxygens (including phenoxy) is 1. The van der Waals surface area contributed by atoms with E-state index in [1.165, 1.54) is 7.11 Å². The van der Waals surface area contributed by atoms with Crippen LogP contribution in [0.3, 0.4) is 0 Å². The minimum Gasteiger partial charge on any atom is -0.468 e. The van der Waals surface area contributed by atoms with E-state index in [4.69, 9.17) is 14.8 Å². The number of fused-ring (bicyclic) bond motifs is 1. The zero-order valence-corrected chi connectivity index (χ0v) is 23.3. The maximum Gasteiger partial charge on any atom is 0.341 e. The highest BCUT2D eigenvalue weighted by Gasteiger charge is 2.38. The van der Waals surface area contributed by atoms with Crippen molar-refractivity contribution in [1.29, 1.82) is 0 Å². The SMILES string of the molecule is CCCCNc1ncc2c(-c3ccc(C4NC(=O)N=C(CC)C4C(=O)OC)cc3)nn(C3CCC(O)CC3)c2n1. The molecule has 1 aliphatic heterocycles. The Hall–Kier alpha value is -3.86. The van der Waals surface area contributed by atoms with E-state index in [1.54, 1.807) is 0 Å². The van der Waals surface area contributed by atoms with Crippen molar-refractivity contribution >= 4 is 34.7 Å². The van der Waals surface area contributed by atoms with Gasteiger partial charge in [0.2, 0.25) is 5.95 Å². The molecule has 0 radical (unpaired) electrons. The number of aromatic nitrogens is 4. The number of aliphatic hydroxyl groups excluding tert-OH is 1. The minimum atomic E-state index is -0.688. The lowest BCUT2D eigenvalue weighted by molar-refractivity contribution is -0.143. The molecule has 3 N–H and O–H groups in total. The lowest BCUT2D eigenvalue weighted by Crippen LogP contribution is -2.44. The van der Waals surface area contributed by atoms with Crippen LogP contribution in [0.1, 0.15) is 76.4 Å². The highest BCUT2D eigenvalue weighted by Crippen LogP contribution is 2.36. The van der Waals surface area contributed by atoms with E-state index in [-0.39, 0.29) is 12.1 Å². The van der Waals surface area contributed by atoms with Gasteiger partial charge in [-0.25, -0.2) is 19.5 Å². The maximum absolute atomic E-state index is 12.6. The molecule has 2 aromatic heterocycles. The Morgan fingerprint density at radius 3 is 2.60 bits per heavy atom. The summed E-state index contributed by atoms with van der Waals surface area (Å²) in [5.41, 5.74) is 3.69. The van der Waals surface area contributed by atoms with Crippen LogP contribution < -0.4 is 10.6 Å². The number of unbranched alkanes of at least 4 members (excludes halogenated alkanes) is 1. The number of esters is 1. The average Bonchev–Trinajstić information content (AvgIpc) is 3.35. The lowest BCUT2D eigenvalue weighted by Gasteiger charge is -2.30. The number of nitrogens with zero attached hydrogens (tertiary/aromatic N) is 5. The Morgan fingerprint density at radius 1 is 1.18 bits per heavy atom. The number of carbonyl (C=O) groups is 2. The fraction of sp³-hybridized carbons (Fsp3) is 0.517. The average molecular weight is 548 g/mol. The molecular weight excluding hydrogens is 510 g/mol. The maximum atomic E-state index is 12.6. The van der Waals surface area contributed by atoms with Crippen molar-refractivity contribution in [3.05, 3.63) is 36.0 Å². The van der Waals surface area contributed by atoms with E-state index < -0.39 is 24.0 Å². The number of methoxy groups -OCH3 is 1. The first kappa shape index (κ1) is 27.7. The topological polar surface area (TPSA) is 144 Å². The highest BCUT2D eigenvalue weighted by atomic mass is 16.5. The van der Waals surface area contributed by atoms with Crippen LogP contribution in [-0.2, 0) is 9.53 Å². The summed E-state index contributed by atoms with van der Waals surface area (Å²) >= 11 is 0. The molecule has 0 saturated heterocycles. The van der Waals surface area contributed by atoms with Crippen LogP contribution in [0.4, 0.5) is 10.7 Å². The predicted molar refractivity (Wildman–Crippen MR) is 152 cm³/mol. The second-order valence-electron chi connectivity index (χ2n) is 10.5. The summed E-state index contributed by atoms with van der Waals surface area (Å²) in [7, 11) is 1.34. The molecule has 11 nitrogen and oxygen atoms in total. The first-order valence-electron chi connectivity index (χ1n) is 14.2. The summed E-state index contributed by atoms with van der Waals surface area (Å²) in [6.07, 6.45) is 7.27. The largest absolute Gasteiger partial charge is 0.468 e. The Kier molecular flexibility index (Phi) is 8.39. The van der Waals surface area contributed by atoms with Crippen LogP contribution in [-0.4, -0.2) is 62.3 Å². The molecular formula is C29H37N7O4. The van der Waals surface area contributed by atoms with E-state index in [2.05, 4.69) is 27.5 Å². The fourth-order valence-electron chi connectivity index (χ4n) is 5.62. The number of anilines is 1. The van der Waals surface area contributed by atoms with Crippen molar-refractivity contribution in [3.8, 4) is 11.3 Å². The van der Waals surface area contributed by atoms with Crippen molar-refractivity contribution in [1.82, 2.24) is 25.1 Å². The molecule has 5 rings (SSSR count). The van der Waals surface area contributed by atoms with Gasteiger partial charge in [-0.15, -0.1) is 0 Å². The van der Waals surface area contributed by atoms with Crippen molar-refractivity contribution in [3.63, 3.8) is 0 Å². The second-order valence-corrected chi connectivity index (χ2v) is 10.5. The molecule has 212 valence electrons. The first-order valence-corrected chi connectivity index (χ1v) is 14.2. The molecule has 0 spiro atoms. The summed E-state index contributed by atoms with van der Waals surface area (Å²) in [6, 6.07) is 6.78. The number of urea groups is 1. The van der Waals surface area contributed by atoms with Gasteiger partial charge in [-0.05, 0) is 44.1 Å². The smallest absolute Gasteiger partial charge is 0.341 e. The predicted octanol–water partition coefficient (Wildman–Crippen LogP) is 4.59. The van der Waals surface area contributed by atoms with E-state index >= 15 is 0 Å². The van der Waals surface area contributed by atoms with Gasteiger partial charge in [-0.3, -0.25) is 4.79 Å². The zero-order valence-electron chi connectivity index (χ0n) is 23.3. The molecule has 1 fully saturated rings. The number of aliphatic hydroxyl groups is 1. The molecule has 2 unspecified atom stereocenters. The minimum absolute atomic E-state index is 0.141. The van der Waals surface area contributed by atoms with Gasteiger partial charge < -0.3 is 20.5 Å². The Balaban J connectivity index is 1.50. The standard InChI is InChI=1S/C29H37N7O4/c1-4-6-15-30-28-31-16-21-24(35-36(26(21)34-28)19-11-13-20(37)14-12-19)17-7-9-18(10-8-17)25-23(27(38)40-3)22(5-2)32-29(39)33-25/h7-10,16,19-20,23,25,37H,4-6,11-15H2,1-3H3,(H,33,39)(H,30,31,34). The number of benzene rings is 1. The molecule has 3 aromatic rings. The Morgan fingerprint density at radius 2 is 1.93 bits per heavy atom. The van der Waals surface area contributed by atoms with Crippen molar-refractivity contribution in [2.24, 2.45) is 10.9 Å². The summed E-state index contributed by atoms with van der Waals surface area (Å²) in [4.78, 5) is 38.4. The van der Waals surface area contributed by atoms with Crippen LogP contribution in [0.2, 0.25) is 0 Å². The lowest BCUT2D eigenvalue weighted by atomic mass is 9.86. The Bertz CT molecular complexity index is 1390. The third kappa shape index (κ3) is 5.56. The van der Waals surface area contributed by atoms with Crippen molar-refractivity contribution < 1.29 is 19.4 Å². The summed E-state index contributed by atoms with van der Waals surface area (Å²) in [6.45, 7) is 4.81. The molecule has 40 heavy (non-hydrogen) atoms. The molecule has 1 aromatic carbocycles. The molecule has 3 heterocycles. The molecule has 2 atom stereocenters. The van der Waals surface area contributed by atoms with Crippen LogP contribution in [0.25, 0.3) is 22.3 Å². The number of carbonyl (C=O) groups excluding carboxylic acids is 2. The quantitative estimate of drug-likeness (QED) is 0.261. The molecule has 0 bridgehead atoms. The molecule has 11 heteroatoms. The van der Waals surface area contributed by atoms with Gasteiger partial charge in [-0.2, -0.15) is 10.1 Å². The second kappa shape index (κ2) is 12.1. The normalized spacial score (nSPS) is 23.0. The van der Waals surface area contributed by atoms with Gasteiger partial charge in [0, 0.05) is 24.0 Å². The van der Waals surface area contributed by atoms with Gasteiger partial charge in [0.05, 0.1) is 30.7 Å². The monoisotopic (exact) mass is 547 g/mol. The van der Waals surface area contributed by atoms with Crippen LogP contribution in [0, 0.1) is 5.92 Å². The third-order valence-electron chi connectivity index (χ3n) is 7.85. The number of hydrogen-bond donors (Lipinski definition) is 3. The van der Waals surface area contributed by atoms with E-state index in [0.717, 1.165) is 72.9 Å². The highest BCUT2D eigenvalue weighted by molar-refractivity contribution is 6.09. The molecule has 1 aliphatic carbocycles. The van der Waals surface area contributed by atoms with Crippen LogP contribution >= 0.6 is 0 Å². The van der Waals surface area contributed by atoms with Crippen LogP contribution in [0.5, 0.6) is 0 Å². The first-order chi connectivity index (χ1) is 19.4. The van der Waals surface area contributed by atoms with Crippen LogP contribution in [0.15, 0.2) is 35.5 Å². The van der Waals surface area contributed by atoms with Gasteiger partial charge in [0.25, 0.3) is 0 Å². The third-order valence-corrected chi connectivity index (χ3v) is 7.85. The van der Waals surface area contributed by atoms with E-state index in [1.807, 2.05) is 42.1 Å². The van der Waals surface area contributed by atoms with Gasteiger partial charge in [0.15, 0.2) is 5.65 Å².